The molecule has 4 N–H and O–H groups in total. The second kappa shape index (κ2) is 6.89. The summed E-state index contributed by atoms with van der Waals surface area (Å²) < 4.78 is 0. The van der Waals surface area contributed by atoms with E-state index < -0.39 is 0 Å². The third-order valence-electron chi connectivity index (χ3n) is 3.57. The van der Waals surface area contributed by atoms with Gasteiger partial charge in [-0.1, -0.05) is 11.6 Å². The number of aryl methyl sites for hydroxylation is 3. The first kappa shape index (κ1) is 18.8. The zero-order valence-corrected chi connectivity index (χ0v) is 16.6. The quantitative estimate of drug-likeness (QED) is 0.396. The van der Waals surface area contributed by atoms with Gasteiger partial charge in [0.05, 0.1) is 12.1 Å². The van der Waals surface area contributed by atoms with Crippen LogP contribution in [0.5, 0.6) is 0 Å². The number of halogens is 1. The molecule has 0 saturated heterocycles. The second-order valence-corrected chi connectivity index (χ2v) is 6.80. The standard InChI is InChI=1S/C17H26N4.HI/c1-10-7-13(9-19-16(18)21-17(4,5)6)15-14(8-10)11(2)12(3)20-15;/h7-8,20H,9H2,1-6H3,(H3,18,19,21);1H. The van der Waals surface area contributed by atoms with Crippen LogP contribution in [0.2, 0.25) is 0 Å². The monoisotopic (exact) mass is 414 g/mol. The second-order valence-electron chi connectivity index (χ2n) is 6.80. The topological polar surface area (TPSA) is 66.2 Å². The molecule has 0 aliphatic heterocycles. The van der Waals surface area contributed by atoms with E-state index >= 15 is 0 Å². The van der Waals surface area contributed by atoms with Crippen LogP contribution in [0.15, 0.2) is 17.1 Å². The molecule has 1 heterocycles. The van der Waals surface area contributed by atoms with Crippen molar-refractivity contribution in [3.05, 3.63) is 34.5 Å². The van der Waals surface area contributed by atoms with E-state index in [2.05, 4.69) is 69.0 Å². The van der Waals surface area contributed by atoms with Gasteiger partial charge in [-0.05, 0) is 58.7 Å². The van der Waals surface area contributed by atoms with Gasteiger partial charge in [0.15, 0.2) is 5.96 Å². The minimum absolute atomic E-state index is 0. The molecule has 0 bridgehead atoms. The molecule has 0 atom stereocenters. The largest absolute Gasteiger partial charge is 0.370 e. The molecule has 1 aromatic heterocycles. The van der Waals surface area contributed by atoms with Crippen molar-refractivity contribution in [2.75, 3.05) is 0 Å². The summed E-state index contributed by atoms with van der Waals surface area (Å²) in [5.74, 6) is 0.483. The van der Waals surface area contributed by atoms with Crippen LogP contribution in [0.4, 0.5) is 0 Å². The van der Waals surface area contributed by atoms with Crippen molar-refractivity contribution in [1.29, 1.82) is 0 Å². The molecule has 5 heteroatoms. The SMILES string of the molecule is Cc1cc(CN=C(N)NC(C)(C)C)c2[nH]c(C)c(C)c2c1.I. The minimum Gasteiger partial charge on any atom is -0.370 e. The summed E-state index contributed by atoms with van der Waals surface area (Å²) in [4.78, 5) is 7.94. The normalized spacial score (nSPS) is 12.4. The average molecular weight is 414 g/mol. The summed E-state index contributed by atoms with van der Waals surface area (Å²) in [5, 5.41) is 4.46. The van der Waals surface area contributed by atoms with Crippen molar-refractivity contribution in [3.63, 3.8) is 0 Å². The number of H-pyrrole nitrogens is 1. The molecular formula is C17H27IN4. The molecule has 0 saturated carbocycles. The van der Waals surface area contributed by atoms with Crippen LogP contribution in [-0.2, 0) is 6.54 Å². The number of rotatable bonds is 2. The number of aromatic amines is 1. The van der Waals surface area contributed by atoms with Crippen LogP contribution in [0.25, 0.3) is 10.9 Å². The highest BCUT2D eigenvalue weighted by atomic mass is 127. The summed E-state index contributed by atoms with van der Waals surface area (Å²) in [5.41, 5.74) is 12.0. The fourth-order valence-corrected chi connectivity index (χ4v) is 2.51. The highest BCUT2D eigenvalue weighted by molar-refractivity contribution is 14.0. The summed E-state index contributed by atoms with van der Waals surface area (Å²) in [6.45, 7) is 13.1. The fourth-order valence-electron chi connectivity index (χ4n) is 2.51. The molecular weight excluding hydrogens is 387 g/mol. The van der Waals surface area contributed by atoms with Gasteiger partial charge in [0.2, 0.25) is 0 Å². The Balaban J connectivity index is 0.00000242. The average Bonchev–Trinajstić information content (AvgIpc) is 2.61. The fraction of sp³-hybridized carbons (Fsp3) is 0.471. The third kappa shape index (κ3) is 4.38. The molecule has 2 aromatic rings. The van der Waals surface area contributed by atoms with E-state index in [1.54, 1.807) is 0 Å². The summed E-state index contributed by atoms with van der Waals surface area (Å²) in [6.07, 6.45) is 0. The zero-order chi connectivity index (χ0) is 15.8. The Bertz CT molecular complexity index is 693. The predicted molar refractivity (Wildman–Crippen MR) is 106 cm³/mol. The van der Waals surface area contributed by atoms with E-state index in [1.165, 1.54) is 33.3 Å². The van der Waals surface area contributed by atoms with Crippen molar-refractivity contribution in [2.24, 2.45) is 10.7 Å². The molecule has 0 radical (unpaired) electrons. The van der Waals surface area contributed by atoms with Crippen LogP contribution in [0, 0.1) is 20.8 Å². The van der Waals surface area contributed by atoms with Gasteiger partial charge >= 0.3 is 0 Å². The number of nitrogens with zero attached hydrogens (tertiary/aromatic N) is 1. The van der Waals surface area contributed by atoms with Crippen molar-refractivity contribution in [1.82, 2.24) is 10.3 Å². The van der Waals surface area contributed by atoms with E-state index in [9.17, 15) is 0 Å². The molecule has 1 aromatic carbocycles. The van der Waals surface area contributed by atoms with Crippen molar-refractivity contribution < 1.29 is 0 Å². The lowest BCUT2D eigenvalue weighted by atomic mass is 10.0. The summed E-state index contributed by atoms with van der Waals surface area (Å²) in [6, 6.07) is 4.39. The molecule has 22 heavy (non-hydrogen) atoms. The highest BCUT2D eigenvalue weighted by Gasteiger charge is 2.11. The van der Waals surface area contributed by atoms with Gasteiger partial charge in [-0.15, -0.1) is 24.0 Å². The first-order valence-corrected chi connectivity index (χ1v) is 7.34. The molecule has 0 amide bonds. The van der Waals surface area contributed by atoms with Crippen LogP contribution >= 0.6 is 24.0 Å². The Morgan fingerprint density at radius 3 is 2.45 bits per heavy atom. The van der Waals surface area contributed by atoms with Gasteiger partial charge in [0.1, 0.15) is 0 Å². The number of aliphatic imine (C=N–C) groups is 1. The lowest BCUT2D eigenvalue weighted by Gasteiger charge is -2.21. The number of hydrogen-bond donors (Lipinski definition) is 3. The Labute approximate surface area is 150 Å². The van der Waals surface area contributed by atoms with Gasteiger partial charge in [0.25, 0.3) is 0 Å². The van der Waals surface area contributed by atoms with E-state index in [0.717, 1.165) is 0 Å². The third-order valence-corrected chi connectivity index (χ3v) is 3.57. The first-order chi connectivity index (χ1) is 9.67. The van der Waals surface area contributed by atoms with E-state index in [-0.39, 0.29) is 29.5 Å². The van der Waals surface area contributed by atoms with Gasteiger partial charge in [-0.3, -0.25) is 0 Å². The predicted octanol–water partition coefficient (Wildman–Crippen LogP) is 3.91. The molecule has 0 unspecified atom stereocenters. The first-order valence-electron chi connectivity index (χ1n) is 7.34. The lowest BCUT2D eigenvalue weighted by Crippen LogP contribution is -2.44. The van der Waals surface area contributed by atoms with Gasteiger partial charge in [-0.25, -0.2) is 4.99 Å². The maximum atomic E-state index is 5.95. The Morgan fingerprint density at radius 2 is 1.86 bits per heavy atom. The van der Waals surface area contributed by atoms with Gasteiger partial charge in [-0.2, -0.15) is 0 Å². The molecule has 0 aliphatic carbocycles. The van der Waals surface area contributed by atoms with Crippen molar-refractivity contribution in [2.45, 2.75) is 53.6 Å². The summed E-state index contributed by atoms with van der Waals surface area (Å²) in [7, 11) is 0. The maximum Gasteiger partial charge on any atom is 0.189 e. The maximum absolute atomic E-state index is 5.95. The number of nitrogens with one attached hydrogen (secondary N) is 2. The van der Waals surface area contributed by atoms with E-state index in [4.69, 9.17) is 5.73 Å². The van der Waals surface area contributed by atoms with Crippen LogP contribution in [0.3, 0.4) is 0 Å². The lowest BCUT2D eigenvalue weighted by molar-refractivity contribution is 0.508. The highest BCUT2D eigenvalue weighted by Crippen LogP contribution is 2.26. The van der Waals surface area contributed by atoms with Crippen LogP contribution in [-0.4, -0.2) is 16.5 Å². The number of guanidine groups is 1. The van der Waals surface area contributed by atoms with Crippen molar-refractivity contribution in [3.8, 4) is 0 Å². The molecule has 0 fully saturated rings. The Hall–Kier alpha value is -1.24. The zero-order valence-electron chi connectivity index (χ0n) is 14.3. The van der Waals surface area contributed by atoms with E-state index in [1.807, 2.05) is 0 Å². The Morgan fingerprint density at radius 1 is 1.23 bits per heavy atom. The molecule has 2 rings (SSSR count). The van der Waals surface area contributed by atoms with Gasteiger partial charge < -0.3 is 16.0 Å². The van der Waals surface area contributed by atoms with Crippen LogP contribution in [0.1, 0.15) is 43.2 Å². The number of aromatic nitrogens is 1. The summed E-state index contributed by atoms with van der Waals surface area (Å²) >= 11 is 0. The van der Waals surface area contributed by atoms with E-state index in [0.29, 0.717) is 12.5 Å². The molecule has 122 valence electrons. The van der Waals surface area contributed by atoms with Gasteiger partial charge in [0, 0.05) is 16.6 Å². The number of benzene rings is 1. The minimum atomic E-state index is -0.0743. The number of hydrogen-bond acceptors (Lipinski definition) is 1. The molecule has 0 aliphatic rings. The molecule has 4 nitrogen and oxygen atoms in total. The Kier molecular flexibility index (Phi) is 5.89. The number of fused-ring (bicyclic) bond motifs is 1. The molecule has 0 spiro atoms. The smallest absolute Gasteiger partial charge is 0.189 e. The van der Waals surface area contributed by atoms with Crippen molar-refractivity contribution >= 4 is 40.8 Å². The van der Waals surface area contributed by atoms with Crippen LogP contribution < -0.4 is 11.1 Å². The number of nitrogens with two attached hydrogens (primary N) is 1.